The average Bonchev–Trinajstić information content (AvgIpc) is 1.85. The third-order valence-corrected chi connectivity index (χ3v) is 0.940. The maximum atomic E-state index is 8.74. The van der Waals surface area contributed by atoms with E-state index in [-0.39, 0.29) is 0 Å². The summed E-state index contributed by atoms with van der Waals surface area (Å²) in [6.45, 7) is 0. The second-order valence-corrected chi connectivity index (χ2v) is 3.00. The molecule has 0 aliphatic carbocycles. The molecule has 12 heavy (non-hydrogen) atoms. The molecule has 0 radical (unpaired) electrons. The Kier molecular flexibility index (Phi) is 5.21. The monoisotopic (exact) mass is 182 g/mol. The molecule has 0 fully saturated rings. The van der Waals surface area contributed by atoms with Gasteiger partial charge < -0.3 is 0 Å². The van der Waals surface area contributed by atoms with Crippen LogP contribution in [0.3, 0.4) is 0 Å². The van der Waals surface area contributed by atoms with Gasteiger partial charge in [0.1, 0.15) is 0 Å². The van der Waals surface area contributed by atoms with Crippen LogP contribution in [0.15, 0.2) is 30.3 Å². The van der Waals surface area contributed by atoms with E-state index in [1.807, 2.05) is 18.2 Å². The Labute approximate surface area is 80.4 Å². The summed E-state index contributed by atoms with van der Waals surface area (Å²) in [5.74, 6) is 0. The van der Waals surface area contributed by atoms with Crippen LogP contribution in [-0.2, 0) is 10.4 Å². The molecule has 0 heterocycles. The standard InChI is InChI=1S/C6H5.Li.H2O4S/c1-2-4-6-5-3-1;;1-5(2,3)4/h1-5H;;(H2,1,2,3,4). The Morgan fingerprint density at radius 1 is 1.08 bits per heavy atom. The van der Waals surface area contributed by atoms with Gasteiger partial charge in [-0.15, -0.1) is 0 Å². The molecule has 0 amide bonds. The van der Waals surface area contributed by atoms with E-state index in [4.69, 9.17) is 17.5 Å². The molecule has 1 rings (SSSR count). The van der Waals surface area contributed by atoms with E-state index in [0.717, 1.165) is 0 Å². The first-order valence-electron chi connectivity index (χ1n) is 3.11. The zero-order valence-electron chi connectivity index (χ0n) is 6.51. The predicted octanol–water partition coefficient (Wildman–Crippen LogP) is -0.172. The first-order chi connectivity index (χ1) is 5.39. The summed E-state index contributed by atoms with van der Waals surface area (Å²) in [6, 6.07) is 10.3. The molecule has 0 atom stereocenters. The Morgan fingerprint density at radius 3 is 1.58 bits per heavy atom. The van der Waals surface area contributed by atoms with Crippen LogP contribution in [0.5, 0.6) is 0 Å². The molecule has 0 bridgehead atoms. The molecule has 6 heteroatoms. The first kappa shape index (κ1) is 11.7. The van der Waals surface area contributed by atoms with Crippen molar-refractivity contribution in [3.05, 3.63) is 30.3 Å². The van der Waals surface area contributed by atoms with Crippen molar-refractivity contribution in [3.63, 3.8) is 0 Å². The molecule has 0 aliphatic rings. The third kappa shape index (κ3) is 12.4. The van der Waals surface area contributed by atoms with Gasteiger partial charge in [-0.25, -0.2) is 0 Å². The molecule has 1 aromatic rings. The summed E-state index contributed by atoms with van der Waals surface area (Å²) in [6.07, 6.45) is 0. The summed E-state index contributed by atoms with van der Waals surface area (Å²) in [5.41, 5.74) is 0. The third-order valence-electron chi connectivity index (χ3n) is 0.940. The summed E-state index contributed by atoms with van der Waals surface area (Å²) in [5, 5.41) is 0. The zero-order chi connectivity index (χ0) is 9.61. The quantitative estimate of drug-likeness (QED) is 0.431. The van der Waals surface area contributed by atoms with Crippen molar-refractivity contribution in [2.45, 2.75) is 0 Å². The molecular weight excluding hydrogens is 175 g/mol. The zero-order valence-corrected chi connectivity index (χ0v) is 7.32. The fraction of sp³-hybridized carbons (Fsp3) is 0. The van der Waals surface area contributed by atoms with Crippen molar-refractivity contribution in [1.82, 2.24) is 0 Å². The van der Waals surface area contributed by atoms with Gasteiger partial charge >= 0.3 is 62.7 Å². The Balaban J connectivity index is 0.000000217. The van der Waals surface area contributed by atoms with E-state index in [9.17, 15) is 0 Å². The summed E-state index contributed by atoms with van der Waals surface area (Å²) >= 11 is 2.08. The fourth-order valence-electron chi connectivity index (χ4n) is 0.534. The van der Waals surface area contributed by atoms with Crippen molar-refractivity contribution in [1.29, 1.82) is 0 Å². The summed E-state index contributed by atoms with van der Waals surface area (Å²) in [4.78, 5) is 0. The SMILES string of the molecule is O=S(=O)(O)O.[Li][c]1ccccc1. The van der Waals surface area contributed by atoms with Gasteiger partial charge in [-0.3, -0.25) is 9.11 Å². The molecular formula is C6H7LiO4S. The van der Waals surface area contributed by atoms with Crippen molar-refractivity contribution in [3.8, 4) is 0 Å². The second-order valence-electron chi connectivity index (χ2n) is 2.10. The van der Waals surface area contributed by atoms with Crippen LogP contribution in [-0.4, -0.2) is 35.2 Å². The summed E-state index contributed by atoms with van der Waals surface area (Å²) < 4.78 is 32.9. The topological polar surface area (TPSA) is 74.6 Å². The van der Waals surface area contributed by atoms with Crippen molar-refractivity contribution < 1.29 is 17.5 Å². The van der Waals surface area contributed by atoms with Gasteiger partial charge in [0.2, 0.25) is 0 Å². The Hall–Kier alpha value is -0.313. The van der Waals surface area contributed by atoms with Crippen LogP contribution in [0.25, 0.3) is 0 Å². The average molecular weight is 182 g/mol. The maximum absolute atomic E-state index is 8.74. The van der Waals surface area contributed by atoms with Crippen LogP contribution in [0, 0.1) is 0 Å². The van der Waals surface area contributed by atoms with Crippen molar-refractivity contribution in [2.75, 3.05) is 0 Å². The molecule has 0 saturated heterocycles. The number of hydrogen-bond donors (Lipinski definition) is 2. The second kappa shape index (κ2) is 5.35. The van der Waals surface area contributed by atoms with Crippen LogP contribution in [0.1, 0.15) is 0 Å². The molecule has 2 N–H and O–H groups in total. The fourth-order valence-corrected chi connectivity index (χ4v) is 0.534. The van der Waals surface area contributed by atoms with Gasteiger partial charge in [-0.1, -0.05) is 0 Å². The van der Waals surface area contributed by atoms with Gasteiger partial charge in [0.15, 0.2) is 0 Å². The van der Waals surface area contributed by atoms with Crippen LogP contribution in [0.2, 0.25) is 0 Å². The number of rotatable bonds is 0. The van der Waals surface area contributed by atoms with E-state index in [1.165, 1.54) is 4.24 Å². The van der Waals surface area contributed by atoms with Crippen molar-refractivity contribution in [2.24, 2.45) is 0 Å². The Bertz CT molecular complexity index is 300. The van der Waals surface area contributed by atoms with Crippen LogP contribution < -0.4 is 4.24 Å². The number of hydrogen-bond acceptors (Lipinski definition) is 2. The van der Waals surface area contributed by atoms with E-state index in [0.29, 0.717) is 0 Å². The molecule has 4 nitrogen and oxygen atoms in total. The van der Waals surface area contributed by atoms with E-state index < -0.39 is 10.4 Å². The van der Waals surface area contributed by atoms with Gasteiger partial charge in [0.25, 0.3) is 0 Å². The molecule has 62 valence electrons. The minimum atomic E-state index is -4.67. The first-order valence-corrected chi connectivity index (χ1v) is 4.51. The predicted molar refractivity (Wildman–Crippen MR) is 46.0 cm³/mol. The van der Waals surface area contributed by atoms with Crippen LogP contribution in [0.4, 0.5) is 0 Å². The molecule has 0 saturated carbocycles. The van der Waals surface area contributed by atoms with Gasteiger partial charge in [0.05, 0.1) is 0 Å². The molecule has 1 aromatic carbocycles. The molecule has 0 spiro atoms. The van der Waals surface area contributed by atoms with E-state index in [2.05, 4.69) is 29.8 Å². The van der Waals surface area contributed by atoms with E-state index in [1.54, 1.807) is 0 Å². The molecule has 0 aromatic heterocycles. The Morgan fingerprint density at radius 2 is 1.42 bits per heavy atom. The van der Waals surface area contributed by atoms with Gasteiger partial charge in [-0.2, -0.15) is 8.42 Å². The molecule has 0 aliphatic heterocycles. The normalized spacial score (nSPS) is 10.0. The summed E-state index contributed by atoms with van der Waals surface area (Å²) in [7, 11) is -4.67. The number of benzene rings is 1. The van der Waals surface area contributed by atoms with Gasteiger partial charge in [-0.05, 0) is 0 Å². The van der Waals surface area contributed by atoms with E-state index >= 15 is 0 Å². The molecule has 0 unspecified atom stereocenters. The minimum absolute atomic E-state index is 1.32. The van der Waals surface area contributed by atoms with Crippen LogP contribution >= 0.6 is 0 Å². The van der Waals surface area contributed by atoms with Crippen molar-refractivity contribution >= 4 is 32.4 Å². The van der Waals surface area contributed by atoms with Gasteiger partial charge in [0, 0.05) is 0 Å².